The van der Waals surface area contributed by atoms with Crippen molar-refractivity contribution in [2.24, 2.45) is 7.05 Å². The fourth-order valence-corrected chi connectivity index (χ4v) is 3.70. The molecule has 0 radical (unpaired) electrons. The third kappa shape index (κ3) is 3.14. The van der Waals surface area contributed by atoms with Crippen LogP contribution in [0.3, 0.4) is 0 Å². The topological polar surface area (TPSA) is 29.9 Å². The van der Waals surface area contributed by atoms with E-state index >= 15 is 0 Å². The summed E-state index contributed by atoms with van der Waals surface area (Å²) in [6, 6.07) is 7.36. The summed E-state index contributed by atoms with van der Waals surface area (Å²) >= 11 is 1.66. The van der Waals surface area contributed by atoms with Crippen molar-refractivity contribution in [2.45, 2.75) is 19.4 Å². The zero-order chi connectivity index (χ0) is 14.8. The molecule has 0 saturated carbocycles. The highest BCUT2D eigenvalue weighted by Crippen LogP contribution is 2.32. The van der Waals surface area contributed by atoms with E-state index in [9.17, 15) is 4.39 Å². The van der Waals surface area contributed by atoms with E-state index in [-0.39, 0.29) is 11.9 Å². The predicted molar refractivity (Wildman–Crippen MR) is 85.1 cm³/mol. The lowest BCUT2D eigenvalue weighted by Gasteiger charge is -2.15. The lowest BCUT2D eigenvalue weighted by Crippen LogP contribution is -2.21. The molecule has 3 rings (SSSR count). The highest BCUT2D eigenvalue weighted by atomic mass is 32.1. The number of aromatic nitrogens is 2. The lowest BCUT2D eigenvalue weighted by molar-refractivity contribution is 0.558. The van der Waals surface area contributed by atoms with Crippen molar-refractivity contribution in [1.82, 2.24) is 15.1 Å². The van der Waals surface area contributed by atoms with Crippen LogP contribution < -0.4 is 5.32 Å². The molecule has 2 aromatic heterocycles. The van der Waals surface area contributed by atoms with Gasteiger partial charge in [-0.3, -0.25) is 4.68 Å². The number of likely N-dealkylation sites (N-methyl/N-ethyl adjacent to an activating group) is 1. The number of nitrogens with zero attached hydrogens (tertiary/aromatic N) is 2. The van der Waals surface area contributed by atoms with Gasteiger partial charge in [0.1, 0.15) is 5.82 Å². The molecule has 0 spiro atoms. The molecule has 0 aliphatic rings. The first-order valence-electron chi connectivity index (χ1n) is 7.05. The Hall–Kier alpha value is -1.72. The Kier molecular flexibility index (Phi) is 4.03. The second-order valence-electron chi connectivity index (χ2n) is 5.17. The normalized spacial score (nSPS) is 12.9. The summed E-state index contributed by atoms with van der Waals surface area (Å²) in [6.45, 7) is 3.00. The minimum atomic E-state index is -0.178. The van der Waals surface area contributed by atoms with E-state index in [4.69, 9.17) is 0 Å². The Morgan fingerprint density at radius 3 is 2.95 bits per heavy atom. The van der Waals surface area contributed by atoms with Gasteiger partial charge < -0.3 is 5.32 Å². The first-order chi connectivity index (χ1) is 10.2. The van der Waals surface area contributed by atoms with E-state index in [1.54, 1.807) is 17.4 Å². The minimum Gasteiger partial charge on any atom is -0.309 e. The number of fused-ring (bicyclic) bond motifs is 1. The third-order valence-corrected chi connectivity index (χ3v) is 4.70. The number of thiophene rings is 1. The van der Waals surface area contributed by atoms with Gasteiger partial charge in [-0.2, -0.15) is 5.10 Å². The predicted octanol–water partition coefficient (Wildman–Crippen LogP) is 3.67. The summed E-state index contributed by atoms with van der Waals surface area (Å²) < 4.78 is 16.1. The van der Waals surface area contributed by atoms with Crippen LogP contribution in [-0.4, -0.2) is 16.3 Å². The summed E-state index contributed by atoms with van der Waals surface area (Å²) in [7, 11) is 1.92. The van der Waals surface area contributed by atoms with Crippen LogP contribution in [0.2, 0.25) is 0 Å². The van der Waals surface area contributed by atoms with Gasteiger partial charge >= 0.3 is 0 Å². The summed E-state index contributed by atoms with van der Waals surface area (Å²) in [5.74, 6) is -0.178. The summed E-state index contributed by atoms with van der Waals surface area (Å²) in [4.78, 5) is 1.24. The molecule has 0 bridgehead atoms. The molecular weight excluding hydrogens is 285 g/mol. The van der Waals surface area contributed by atoms with E-state index in [1.165, 1.54) is 16.5 Å². The first-order valence-corrected chi connectivity index (χ1v) is 7.87. The van der Waals surface area contributed by atoms with Crippen LogP contribution in [0, 0.1) is 5.82 Å². The molecule has 1 N–H and O–H groups in total. The van der Waals surface area contributed by atoms with E-state index in [1.807, 2.05) is 30.2 Å². The number of nitrogens with one attached hydrogen (secondary N) is 1. The van der Waals surface area contributed by atoms with Gasteiger partial charge in [0.15, 0.2) is 0 Å². The molecule has 1 aromatic carbocycles. The third-order valence-electron chi connectivity index (χ3n) is 3.49. The average molecular weight is 303 g/mol. The van der Waals surface area contributed by atoms with E-state index in [0.29, 0.717) is 0 Å². The number of aryl methyl sites for hydroxylation is 1. The molecule has 3 aromatic rings. The molecule has 1 atom stereocenters. The number of halogens is 1. The number of rotatable bonds is 5. The first kappa shape index (κ1) is 14.2. The van der Waals surface area contributed by atoms with Crippen LogP contribution in [0.15, 0.2) is 36.7 Å². The van der Waals surface area contributed by atoms with E-state index in [0.717, 1.165) is 23.1 Å². The van der Waals surface area contributed by atoms with Gasteiger partial charge in [-0.05, 0) is 42.1 Å². The Balaban J connectivity index is 1.90. The number of hydrogen-bond acceptors (Lipinski definition) is 3. The maximum Gasteiger partial charge on any atom is 0.124 e. The minimum absolute atomic E-state index is 0.178. The van der Waals surface area contributed by atoms with Crippen molar-refractivity contribution in [1.29, 1.82) is 0 Å². The standard InChI is InChI=1S/C16H18FN3S/c1-3-18-14(6-11-9-19-20(2)10-11)16-7-12-4-5-13(17)8-15(12)21-16/h4-5,7-10,14,18H,3,6H2,1-2H3. The van der Waals surface area contributed by atoms with Gasteiger partial charge in [-0.15, -0.1) is 11.3 Å². The van der Waals surface area contributed by atoms with Crippen molar-refractivity contribution in [2.75, 3.05) is 6.54 Å². The van der Waals surface area contributed by atoms with Crippen molar-refractivity contribution in [3.63, 3.8) is 0 Å². The molecule has 0 aliphatic carbocycles. The van der Waals surface area contributed by atoms with Crippen LogP contribution in [-0.2, 0) is 13.5 Å². The molecule has 2 heterocycles. The Bertz CT molecular complexity index is 747. The molecule has 110 valence electrons. The largest absolute Gasteiger partial charge is 0.309 e. The fourth-order valence-electron chi connectivity index (χ4n) is 2.53. The van der Waals surface area contributed by atoms with Gasteiger partial charge in [-0.25, -0.2) is 4.39 Å². The fraction of sp³-hybridized carbons (Fsp3) is 0.312. The number of benzene rings is 1. The van der Waals surface area contributed by atoms with Crippen LogP contribution >= 0.6 is 11.3 Å². The summed E-state index contributed by atoms with van der Waals surface area (Å²) in [5.41, 5.74) is 1.20. The molecule has 5 heteroatoms. The van der Waals surface area contributed by atoms with Gasteiger partial charge in [0, 0.05) is 28.9 Å². The lowest BCUT2D eigenvalue weighted by atomic mass is 10.1. The molecule has 21 heavy (non-hydrogen) atoms. The van der Waals surface area contributed by atoms with Crippen LogP contribution in [0.4, 0.5) is 4.39 Å². The van der Waals surface area contributed by atoms with Crippen molar-refractivity contribution in [3.8, 4) is 0 Å². The summed E-state index contributed by atoms with van der Waals surface area (Å²) in [5, 5.41) is 8.83. The Labute approximate surface area is 127 Å². The van der Waals surface area contributed by atoms with Gasteiger partial charge in [0.05, 0.1) is 6.20 Å². The Morgan fingerprint density at radius 1 is 1.38 bits per heavy atom. The van der Waals surface area contributed by atoms with Crippen molar-refractivity contribution >= 4 is 21.4 Å². The van der Waals surface area contributed by atoms with Crippen LogP contribution in [0.25, 0.3) is 10.1 Å². The Morgan fingerprint density at radius 2 is 2.24 bits per heavy atom. The van der Waals surface area contributed by atoms with Crippen molar-refractivity contribution in [3.05, 3.63) is 52.9 Å². The van der Waals surface area contributed by atoms with Gasteiger partial charge in [0.25, 0.3) is 0 Å². The zero-order valence-corrected chi connectivity index (χ0v) is 13.0. The maximum atomic E-state index is 13.3. The SMILES string of the molecule is CCNC(Cc1cnn(C)c1)c1cc2ccc(F)cc2s1. The highest BCUT2D eigenvalue weighted by Gasteiger charge is 2.15. The van der Waals surface area contributed by atoms with E-state index in [2.05, 4.69) is 23.4 Å². The molecule has 0 amide bonds. The quantitative estimate of drug-likeness (QED) is 0.779. The summed E-state index contributed by atoms with van der Waals surface area (Å²) in [6.07, 6.45) is 4.83. The smallest absolute Gasteiger partial charge is 0.124 e. The van der Waals surface area contributed by atoms with Crippen LogP contribution in [0.1, 0.15) is 23.4 Å². The van der Waals surface area contributed by atoms with E-state index < -0.39 is 0 Å². The average Bonchev–Trinajstić information content (AvgIpc) is 3.04. The van der Waals surface area contributed by atoms with Gasteiger partial charge in [-0.1, -0.05) is 13.0 Å². The van der Waals surface area contributed by atoms with Crippen molar-refractivity contribution < 1.29 is 4.39 Å². The van der Waals surface area contributed by atoms with Crippen LogP contribution in [0.5, 0.6) is 0 Å². The van der Waals surface area contributed by atoms with Gasteiger partial charge in [0.2, 0.25) is 0 Å². The molecule has 0 saturated heterocycles. The molecule has 3 nitrogen and oxygen atoms in total. The maximum absolute atomic E-state index is 13.3. The molecule has 1 unspecified atom stereocenters. The highest BCUT2D eigenvalue weighted by molar-refractivity contribution is 7.19. The second-order valence-corrected chi connectivity index (χ2v) is 6.28. The monoisotopic (exact) mass is 303 g/mol. The molecular formula is C16H18FN3S. The number of hydrogen-bond donors (Lipinski definition) is 1. The molecule has 0 aliphatic heterocycles. The zero-order valence-electron chi connectivity index (χ0n) is 12.1. The second kappa shape index (κ2) is 5.95. The molecule has 0 fully saturated rings.